The molecule has 0 unspecified atom stereocenters. The van der Waals surface area contributed by atoms with Crippen molar-refractivity contribution in [1.82, 2.24) is 14.8 Å². The van der Waals surface area contributed by atoms with Gasteiger partial charge >= 0.3 is 0 Å². The summed E-state index contributed by atoms with van der Waals surface area (Å²) in [6, 6.07) is 11.5. The van der Waals surface area contributed by atoms with Crippen LogP contribution in [-0.2, 0) is 23.2 Å². The third kappa shape index (κ3) is 4.01. The van der Waals surface area contributed by atoms with Gasteiger partial charge in [-0.25, -0.2) is 0 Å². The van der Waals surface area contributed by atoms with Crippen molar-refractivity contribution >= 4 is 45.8 Å². The van der Waals surface area contributed by atoms with Crippen LogP contribution in [0.3, 0.4) is 0 Å². The molecule has 7 heteroatoms. The van der Waals surface area contributed by atoms with E-state index in [1.807, 2.05) is 36.7 Å². The molecule has 0 radical (unpaired) electrons. The number of carbonyl (C=O) groups excluding carboxylic acids is 2. The number of benzene rings is 1. The molecular weight excluding hydrogens is 414 g/mol. The van der Waals surface area contributed by atoms with E-state index >= 15 is 0 Å². The molecule has 2 aromatic heterocycles. The second-order valence-electron chi connectivity index (χ2n) is 8.06. The van der Waals surface area contributed by atoms with E-state index in [0.717, 1.165) is 32.8 Å². The van der Waals surface area contributed by atoms with Crippen molar-refractivity contribution in [1.29, 1.82) is 0 Å². The Morgan fingerprint density at radius 1 is 1.23 bits per heavy atom. The first kappa shape index (κ1) is 21.0. The standard InChI is InChI=1S/C23H27N3O2S2/c1-15(2)10-11-24-22(28)21-20-17-8-4-5-9-18(17)25(3)23(20)30-14-19(27)26(21)13-16-7-6-12-29-16/h4-9,12,15,21H,10-11,13-14H2,1-3H3,(H,24,28)/t21-/m1/s1. The topological polar surface area (TPSA) is 54.3 Å². The van der Waals surface area contributed by atoms with Gasteiger partial charge in [0.25, 0.3) is 0 Å². The molecule has 158 valence electrons. The summed E-state index contributed by atoms with van der Waals surface area (Å²) in [5, 5.41) is 7.16. The van der Waals surface area contributed by atoms with E-state index in [9.17, 15) is 9.59 Å². The fourth-order valence-corrected chi connectivity index (χ4v) is 5.75. The molecule has 0 saturated heterocycles. The number of aromatic nitrogens is 1. The highest BCUT2D eigenvalue weighted by Gasteiger charge is 2.38. The quantitative estimate of drug-likeness (QED) is 0.609. The van der Waals surface area contributed by atoms with E-state index in [1.54, 1.807) is 16.2 Å². The molecule has 0 spiro atoms. The SMILES string of the molecule is CC(C)CCNC(=O)[C@H]1c2c(n(C)c3ccccc23)SCC(=O)N1Cc1cccs1. The number of rotatable bonds is 6. The van der Waals surface area contributed by atoms with Gasteiger partial charge in [-0.05, 0) is 29.9 Å². The Kier molecular flexibility index (Phi) is 6.20. The number of thioether (sulfide) groups is 1. The lowest BCUT2D eigenvalue weighted by molar-refractivity contribution is -0.139. The molecule has 1 aliphatic heterocycles. The van der Waals surface area contributed by atoms with Crippen LogP contribution < -0.4 is 5.32 Å². The second-order valence-corrected chi connectivity index (χ2v) is 10.1. The van der Waals surface area contributed by atoms with Gasteiger partial charge in [-0.3, -0.25) is 9.59 Å². The van der Waals surface area contributed by atoms with E-state index in [0.29, 0.717) is 24.8 Å². The molecule has 0 fully saturated rings. The number of carbonyl (C=O) groups is 2. The van der Waals surface area contributed by atoms with Crippen LogP contribution in [0.2, 0.25) is 0 Å². The molecule has 2 amide bonds. The molecule has 30 heavy (non-hydrogen) atoms. The number of amides is 2. The maximum absolute atomic E-state index is 13.5. The number of thiophene rings is 1. The summed E-state index contributed by atoms with van der Waals surface area (Å²) in [5.74, 6) is 0.739. The van der Waals surface area contributed by atoms with Gasteiger partial charge in [-0.1, -0.05) is 49.9 Å². The van der Waals surface area contributed by atoms with E-state index in [4.69, 9.17) is 0 Å². The first-order valence-electron chi connectivity index (χ1n) is 10.3. The summed E-state index contributed by atoms with van der Waals surface area (Å²) in [6.45, 7) is 5.34. The van der Waals surface area contributed by atoms with Crippen LogP contribution in [0.25, 0.3) is 10.9 Å². The molecule has 1 N–H and O–H groups in total. The predicted molar refractivity (Wildman–Crippen MR) is 124 cm³/mol. The predicted octanol–water partition coefficient (Wildman–Crippen LogP) is 4.58. The Morgan fingerprint density at radius 3 is 2.77 bits per heavy atom. The van der Waals surface area contributed by atoms with E-state index < -0.39 is 6.04 Å². The monoisotopic (exact) mass is 441 g/mol. The van der Waals surface area contributed by atoms with Crippen molar-refractivity contribution in [2.75, 3.05) is 12.3 Å². The Labute approximate surface area is 185 Å². The Morgan fingerprint density at radius 2 is 2.03 bits per heavy atom. The highest BCUT2D eigenvalue weighted by atomic mass is 32.2. The Bertz CT molecular complexity index is 1060. The lowest BCUT2D eigenvalue weighted by Crippen LogP contribution is -2.43. The summed E-state index contributed by atoms with van der Waals surface area (Å²) in [4.78, 5) is 29.5. The average molecular weight is 442 g/mol. The molecule has 4 rings (SSSR count). The highest BCUT2D eigenvalue weighted by molar-refractivity contribution is 8.00. The summed E-state index contributed by atoms with van der Waals surface area (Å²) in [5.41, 5.74) is 2.03. The zero-order valence-corrected chi connectivity index (χ0v) is 19.2. The van der Waals surface area contributed by atoms with E-state index in [1.165, 1.54) is 11.8 Å². The fraction of sp³-hybridized carbons (Fsp3) is 0.391. The minimum atomic E-state index is -0.636. The van der Waals surface area contributed by atoms with Crippen LogP contribution in [-0.4, -0.2) is 33.6 Å². The van der Waals surface area contributed by atoms with Crippen LogP contribution in [0.5, 0.6) is 0 Å². The van der Waals surface area contributed by atoms with Crippen LogP contribution in [0.15, 0.2) is 46.8 Å². The first-order chi connectivity index (χ1) is 14.5. The number of hydrogen-bond acceptors (Lipinski definition) is 4. The smallest absolute Gasteiger partial charge is 0.247 e. The number of aryl methyl sites for hydroxylation is 1. The zero-order valence-electron chi connectivity index (χ0n) is 17.6. The molecule has 1 atom stereocenters. The highest BCUT2D eigenvalue weighted by Crippen LogP contribution is 2.42. The molecule has 0 bridgehead atoms. The number of nitrogens with zero attached hydrogens (tertiary/aromatic N) is 2. The van der Waals surface area contributed by atoms with Crippen molar-refractivity contribution in [3.63, 3.8) is 0 Å². The first-order valence-corrected chi connectivity index (χ1v) is 12.1. The van der Waals surface area contributed by atoms with Gasteiger partial charge in [0.05, 0.1) is 17.3 Å². The molecule has 3 aromatic rings. The van der Waals surface area contributed by atoms with Gasteiger partial charge < -0.3 is 14.8 Å². The second kappa shape index (κ2) is 8.86. The fourth-order valence-electron chi connectivity index (χ4n) is 3.95. The summed E-state index contributed by atoms with van der Waals surface area (Å²) >= 11 is 3.14. The van der Waals surface area contributed by atoms with Crippen LogP contribution in [0, 0.1) is 5.92 Å². The van der Waals surface area contributed by atoms with Gasteiger partial charge in [0, 0.05) is 34.9 Å². The van der Waals surface area contributed by atoms with Crippen LogP contribution in [0.1, 0.15) is 36.8 Å². The van der Waals surface area contributed by atoms with Gasteiger partial charge in [0.2, 0.25) is 11.8 Å². The molecular formula is C23H27N3O2S2. The number of para-hydroxylation sites is 1. The third-order valence-corrected chi connectivity index (χ3v) is 7.52. The largest absolute Gasteiger partial charge is 0.354 e. The van der Waals surface area contributed by atoms with Crippen molar-refractivity contribution in [3.8, 4) is 0 Å². The van der Waals surface area contributed by atoms with Crippen molar-refractivity contribution < 1.29 is 9.59 Å². The number of nitrogens with one attached hydrogen (secondary N) is 1. The third-order valence-electron chi connectivity index (χ3n) is 5.50. The zero-order chi connectivity index (χ0) is 21.3. The van der Waals surface area contributed by atoms with Crippen molar-refractivity contribution in [2.24, 2.45) is 13.0 Å². The summed E-state index contributed by atoms with van der Waals surface area (Å²) in [7, 11) is 2.02. The molecule has 5 nitrogen and oxygen atoms in total. The maximum Gasteiger partial charge on any atom is 0.247 e. The summed E-state index contributed by atoms with van der Waals surface area (Å²) in [6.07, 6.45) is 0.911. The molecule has 0 aliphatic carbocycles. The Balaban J connectivity index is 1.80. The summed E-state index contributed by atoms with van der Waals surface area (Å²) < 4.78 is 2.12. The molecule has 1 aliphatic rings. The number of fused-ring (bicyclic) bond motifs is 3. The molecule has 1 aromatic carbocycles. The Hall–Kier alpha value is -2.25. The maximum atomic E-state index is 13.5. The van der Waals surface area contributed by atoms with Gasteiger partial charge in [-0.15, -0.1) is 11.3 Å². The van der Waals surface area contributed by atoms with E-state index in [-0.39, 0.29) is 11.8 Å². The molecule has 3 heterocycles. The minimum Gasteiger partial charge on any atom is -0.354 e. The lowest BCUT2D eigenvalue weighted by Gasteiger charge is -2.29. The van der Waals surface area contributed by atoms with Crippen molar-refractivity contribution in [3.05, 3.63) is 52.2 Å². The molecule has 0 saturated carbocycles. The average Bonchev–Trinajstić information content (AvgIpc) is 3.29. The van der Waals surface area contributed by atoms with Crippen LogP contribution >= 0.6 is 23.1 Å². The lowest BCUT2D eigenvalue weighted by atomic mass is 10.0. The number of hydrogen-bond donors (Lipinski definition) is 1. The van der Waals surface area contributed by atoms with Crippen molar-refractivity contribution in [2.45, 2.75) is 37.9 Å². The minimum absolute atomic E-state index is 0.00214. The normalized spacial score (nSPS) is 16.7. The van der Waals surface area contributed by atoms with Gasteiger partial charge in [-0.2, -0.15) is 0 Å². The van der Waals surface area contributed by atoms with Crippen LogP contribution in [0.4, 0.5) is 0 Å². The van der Waals surface area contributed by atoms with Gasteiger partial charge in [0.15, 0.2) is 0 Å². The van der Waals surface area contributed by atoms with E-state index in [2.05, 4.69) is 35.9 Å². The van der Waals surface area contributed by atoms with Gasteiger partial charge in [0.1, 0.15) is 6.04 Å².